The average Bonchev–Trinajstić information content (AvgIpc) is 2.84. The van der Waals surface area contributed by atoms with Crippen molar-refractivity contribution < 1.29 is 13.9 Å². The van der Waals surface area contributed by atoms with Gasteiger partial charge in [0, 0.05) is 10.9 Å². The second-order valence-electron chi connectivity index (χ2n) is 5.01. The summed E-state index contributed by atoms with van der Waals surface area (Å²) >= 11 is 3.60. The molecule has 0 unspecified atom stereocenters. The number of carbonyl (C=O) groups excluding carboxylic acids is 1. The molecule has 3 aromatic rings. The Morgan fingerprint density at radius 3 is 2.77 bits per heavy atom. The van der Waals surface area contributed by atoms with Crippen molar-refractivity contribution in [3.05, 3.63) is 58.1 Å². The van der Waals surface area contributed by atoms with Crippen LogP contribution in [0.25, 0.3) is 22.3 Å². The zero-order valence-corrected chi connectivity index (χ0v) is 13.9. The largest absolute Gasteiger partial charge is 0.462 e. The van der Waals surface area contributed by atoms with Gasteiger partial charge in [0.25, 0.3) is 0 Å². The third-order valence-electron chi connectivity index (χ3n) is 3.45. The Hall–Kier alpha value is -2.07. The molecule has 3 rings (SSSR count). The number of rotatable bonds is 3. The summed E-state index contributed by atoms with van der Waals surface area (Å²) in [7, 11) is 0. The van der Waals surface area contributed by atoms with Gasteiger partial charge in [-0.3, -0.25) is 0 Å². The van der Waals surface area contributed by atoms with E-state index in [2.05, 4.69) is 22.0 Å². The minimum atomic E-state index is -0.346. The predicted molar refractivity (Wildman–Crippen MR) is 90.0 cm³/mol. The Bertz CT molecular complexity index is 849. The Balaban J connectivity index is 2.20. The van der Waals surface area contributed by atoms with E-state index in [0.29, 0.717) is 17.9 Å². The van der Waals surface area contributed by atoms with E-state index in [1.54, 1.807) is 13.0 Å². The fourth-order valence-electron chi connectivity index (χ4n) is 2.42. The molecule has 22 heavy (non-hydrogen) atoms. The quantitative estimate of drug-likeness (QED) is 0.592. The van der Waals surface area contributed by atoms with Gasteiger partial charge in [-0.1, -0.05) is 29.8 Å². The van der Waals surface area contributed by atoms with Gasteiger partial charge in [0.15, 0.2) is 0 Å². The summed E-state index contributed by atoms with van der Waals surface area (Å²) in [5, 5.41) is 0.994. The number of esters is 1. The molecule has 3 nitrogen and oxygen atoms in total. The van der Waals surface area contributed by atoms with Gasteiger partial charge in [0.05, 0.1) is 16.6 Å². The highest BCUT2D eigenvalue weighted by Crippen LogP contribution is 2.39. The van der Waals surface area contributed by atoms with Gasteiger partial charge < -0.3 is 9.15 Å². The Labute approximate surface area is 137 Å². The SMILES string of the molecule is CCOC(=O)c1ccccc1-c1oc2ccc(C)cc2c1Br. The molecule has 0 N–H and O–H groups in total. The van der Waals surface area contributed by atoms with Crippen LogP contribution in [0.2, 0.25) is 0 Å². The third-order valence-corrected chi connectivity index (χ3v) is 4.24. The van der Waals surface area contributed by atoms with Crippen LogP contribution < -0.4 is 0 Å². The Morgan fingerprint density at radius 1 is 1.23 bits per heavy atom. The maximum Gasteiger partial charge on any atom is 0.338 e. The van der Waals surface area contributed by atoms with Crippen LogP contribution in [0.3, 0.4) is 0 Å². The summed E-state index contributed by atoms with van der Waals surface area (Å²) in [6, 6.07) is 13.3. The van der Waals surface area contributed by atoms with Crippen molar-refractivity contribution >= 4 is 32.9 Å². The number of ether oxygens (including phenoxy) is 1. The number of furan rings is 1. The van der Waals surface area contributed by atoms with Crippen LogP contribution in [0.1, 0.15) is 22.8 Å². The maximum absolute atomic E-state index is 12.1. The molecule has 0 saturated heterocycles. The van der Waals surface area contributed by atoms with Crippen molar-refractivity contribution in [2.24, 2.45) is 0 Å². The molecule has 0 aliphatic heterocycles. The summed E-state index contributed by atoms with van der Waals surface area (Å²) in [5.41, 5.74) is 3.16. The fraction of sp³-hybridized carbons (Fsp3) is 0.167. The molecule has 112 valence electrons. The molecule has 1 aromatic heterocycles. The van der Waals surface area contributed by atoms with E-state index in [9.17, 15) is 4.79 Å². The third kappa shape index (κ3) is 2.55. The Kier molecular flexibility index (Phi) is 4.03. The molecule has 4 heteroatoms. The van der Waals surface area contributed by atoms with Gasteiger partial charge in [-0.2, -0.15) is 0 Å². The molecule has 0 bridgehead atoms. The van der Waals surface area contributed by atoms with Crippen molar-refractivity contribution in [3.63, 3.8) is 0 Å². The highest BCUT2D eigenvalue weighted by atomic mass is 79.9. The van der Waals surface area contributed by atoms with E-state index in [1.165, 1.54) is 0 Å². The number of hydrogen-bond acceptors (Lipinski definition) is 3. The van der Waals surface area contributed by atoms with Crippen molar-refractivity contribution in [1.82, 2.24) is 0 Å². The zero-order chi connectivity index (χ0) is 15.7. The number of halogens is 1. The number of benzene rings is 2. The lowest BCUT2D eigenvalue weighted by atomic mass is 10.0. The lowest BCUT2D eigenvalue weighted by molar-refractivity contribution is 0.0527. The first-order valence-corrected chi connectivity index (χ1v) is 7.86. The monoisotopic (exact) mass is 358 g/mol. The van der Waals surface area contributed by atoms with Gasteiger partial charge >= 0.3 is 5.97 Å². The lowest BCUT2D eigenvalue weighted by Crippen LogP contribution is -2.06. The smallest absolute Gasteiger partial charge is 0.338 e. The van der Waals surface area contributed by atoms with E-state index in [1.807, 2.05) is 37.3 Å². The fourth-order valence-corrected chi connectivity index (χ4v) is 3.03. The lowest BCUT2D eigenvalue weighted by Gasteiger charge is -2.07. The highest BCUT2D eigenvalue weighted by Gasteiger charge is 2.20. The second-order valence-corrected chi connectivity index (χ2v) is 5.80. The van der Waals surface area contributed by atoms with Gasteiger partial charge in [0.1, 0.15) is 11.3 Å². The first-order chi connectivity index (χ1) is 10.6. The number of fused-ring (bicyclic) bond motifs is 1. The molecular formula is C18H15BrO3. The number of hydrogen-bond donors (Lipinski definition) is 0. The van der Waals surface area contributed by atoms with Gasteiger partial charge in [-0.05, 0) is 48.0 Å². The minimum absolute atomic E-state index is 0.341. The molecule has 0 spiro atoms. The van der Waals surface area contributed by atoms with Crippen LogP contribution in [0.5, 0.6) is 0 Å². The molecule has 0 fully saturated rings. The second kappa shape index (κ2) is 5.97. The standard InChI is InChI=1S/C18H15BrO3/c1-3-21-18(20)13-7-5-4-6-12(13)17-16(19)14-10-11(2)8-9-15(14)22-17/h4-10H,3H2,1-2H3. The molecule has 2 aromatic carbocycles. The van der Waals surface area contributed by atoms with E-state index < -0.39 is 0 Å². The van der Waals surface area contributed by atoms with Gasteiger partial charge in [0.2, 0.25) is 0 Å². The topological polar surface area (TPSA) is 39.4 Å². The van der Waals surface area contributed by atoms with Crippen LogP contribution in [0.15, 0.2) is 51.4 Å². The van der Waals surface area contributed by atoms with Crippen molar-refractivity contribution in [2.75, 3.05) is 6.61 Å². The summed E-state index contributed by atoms with van der Waals surface area (Å²) < 4.78 is 11.9. The van der Waals surface area contributed by atoms with Crippen LogP contribution in [0.4, 0.5) is 0 Å². The molecule has 0 aliphatic rings. The molecule has 0 saturated carbocycles. The summed E-state index contributed by atoms with van der Waals surface area (Å²) in [5.74, 6) is 0.297. The van der Waals surface area contributed by atoms with E-state index in [4.69, 9.17) is 9.15 Å². The molecule has 0 aliphatic carbocycles. The van der Waals surface area contributed by atoms with Crippen molar-refractivity contribution in [1.29, 1.82) is 0 Å². The van der Waals surface area contributed by atoms with E-state index >= 15 is 0 Å². The van der Waals surface area contributed by atoms with Crippen LogP contribution in [-0.2, 0) is 4.74 Å². The molecule has 0 amide bonds. The van der Waals surface area contributed by atoms with E-state index in [0.717, 1.165) is 26.6 Å². The predicted octanol–water partition coefficient (Wildman–Crippen LogP) is 5.35. The van der Waals surface area contributed by atoms with E-state index in [-0.39, 0.29) is 5.97 Å². The minimum Gasteiger partial charge on any atom is -0.462 e. The number of aryl methyl sites for hydroxylation is 1. The first-order valence-electron chi connectivity index (χ1n) is 7.07. The van der Waals surface area contributed by atoms with Crippen molar-refractivity contribution in [2.45, 2.75) is 13.8 Å². The average molecular weight is 359 g/mol. The van der Waals surface area contributed by atoms with Crippen LogP contribution in [0, 0.1) is 6.92 Å². The highest BCUT2D eigenvalue weighted by molar-refractivity contribution is 9.10. The molecule has 0 atom stereocenters. The summed E-state index contributed by atoms with van der Waals surface area (Å²) in [6.07, 6.45) is 0. The normalized spacial score (nSPS) is 10.9. The number of carbonyl (C=O) groups is 1. The summed E-state index contributed by atoms with van der Waals surface area (Å²) in [4.78, 5) is 12.1. The van der Waals surface area contributed by atoms with Gasteiger partial charge in [-0.15, -0.1) is 0 Å². The zero-order valence-electron chi connectivity index (χ0n) is 12.4. The van der Waals surface area contributed by atoms with Crippen LogP contribution >= 0.6 is 15.9 Å². The molecule has 1 heterocycles. The Morgan fingerprint density at radius 2 is 2.00 bits per heavy atom. The maximum atomic E-state index is 12.1. The van der Waals surface area contributed by atoms with Crippen LogP contribution in [-0.4, -0.2) is 12.6 Å². The van der Waals surface area contributed by atoms with Gasteiger partial charge in [-0.25, -0.2) is 4.79 Å². The first kappa shape index (κ1) is 14.9. The molecular weight excluding hydrogens is 344 g/mol. The summed E-state index contributed by atoms with van der Waals surface area (Å²) in [6.45, 7) is 4.17. The van der Waals surface area contributed by atoms with Crippen molar-refractivity contribution in [3.8, 4) is 11.3 Å². The molecule has 0 radical (unpaired) electrons.